The minimum atomic E-state index is -0.0329. The summed E-state index contributed by atoms with van der Waals surface area (Å²) < 4.78 is 2.55. The number of benzene rings is 5. The molecule has 0 fully saturated rings. The molecule has 2 aliphatic rings. The first-order valence-corrected chi connectivity index (χ1v) is 13.4. The van der Waals surface area contributed by atoms with Crippen molar-refractivity contribution in [2.75, 3.05) is 0 Å². The number of hydrogen-bond donors (Lipinski definition) is 0. The lowest BCUT2D eigenvalue weighted by Gasteiger charge is -2.22. The fourth-order valence-corrected chi connectivity index (χ4v) is 7.92. The molecule has 2 aromatic heterocycles. The normalized spacial score (nSPS) is 16.5. The number of aromatic nitrogens is 1. The van der Waals surface area contributed by atoms with Crippen molar-refractivity contribution in [1.29, 1.82) is 0 Å². The summed E-state index contributed by atoms with van der Waals surface area (Å²) in [5.74, 6) is 0. The third-order valence-corrected chi connectivity index (χ3v) is 9.71. The largest absolute Gasteiger partial charge is 0.308 e. The Hall–Kier alpha value is -4.10. The number of para-hydroxylation sites is 1. The van der Waals surface area contributed by atoms with E-state index < -0.39 is 0 Å². The van der Waals surface area contributed by atoms with Crippen molar-refractivity contribution < 1.29 is 0 Å². The van der Waals surface area contributed by atoms with Gasteiger partial charge in [0.15, 0.2) is 0 Å². The lowest BCUT2D eigenvalue weighted by molar-refractivity contribution is 0.661. The van der Waals surface area contributed by atoms with Gasteiger partial charge in [0, 0.05) is 32.4 Å². The molecule has 0 saturated carbocycles. The molecule has 5 aromatic carbocycles. The lowest BCUT2D eigenvalue weighted by atomic mass is 9.81. The fourth-order valence-electron chi connectivity index (χ4n) is 7.92. The van der Waals surface area contributed by atoms with Gasteiger partial charge in [0.25, 0.3) is 0 Å². The molecule has 1 heteroatoms. The highest BCUT2D eigenvalue weighted by molar-refractivity contribution is 6.28. The first-order valence-electron chi connectivity index (χ1n) is 13.4. The Morgan fingerprint density at radius 1 is 0.486 bits per heavy atom. The van der Waals surface area contributed by atoms with Crippen LogP contribution in [0.1, 0.15) is 49.9 Å². The molecule has 0 bridgehead atoms. The molecule has 0 N–H and O–H groups in total. The van der Waals surface area contributed by atoms with E-state index in [1.165, 1.54) is 82.6 Å². The molecule has 0 spiro atoms. The highest BCUT2D eigenvalue weighted by atomic mass is 14.9. The minimum Gasteiger partial charge on any atom is -0.308 e. The average Bonchev–Trinajstić information content (AvgIpc) is 3.56. The van der Waals surface area contributed by atoms with Crippen molar-refractivity contribution in [3.63, 3.8) is 0 Å². The molecule has 176 valence electrons. The van der Waals surface area contributed by atoms with Gasteiger partial charge in [-0.1, -0.05) is 94.4 Å². The van der Waals surface area contributed by atoms with Crippen LogP contribution in [-0.4, -0.2) is 4.40 Å². The van der Waals surface area contributed by atoms with Gasteiger partial charge in [-0.15, -0.1) is 0 Å². The van der Waals surface area contributed by atoms with Crippen LogP contribution >= 0.6 is 0 Å². The highest BCUT2D eigenvalue weighted by Gasteiger charge is 2.40. The van der Waals surface area contributed by atoms with Gasteiger partial charge in [-0.25, -0.2) is 0 Å². The topological polar surface area (TPSA) is 4.41 Å². The van der Waals surface area contributed by atoms with Crippen LogP contribution in [0.4, 0.5) is 0 Å². The Labute approximate surface area is 216 Å². The molecule has 0 unspecified atom stereocenters. The second-order valence-corrected chi connectivity index (χ2v) is 12.2. The van der Waals surface area contributed by atoms with Crippen LogP contribution in [0.3, 0.4) is 0 Å². The minimum absolute atomic E-state index is 0.00830. The number of fused-ring (bicyclic) bond motifs is 13. The van der Waals surface area contributed by atoms with E-state index in [9.17, 15) is 0 Å². The number of hydrogen-bond acceptors (Lipinski definition) is 0. The average molecular weight is 474 g/mol. The van der Waals surface area contributed by atoms with E-state index in [0.717, 1.165) is 0 Å². The predicted molar refractivity (Wildman–Crippen MR) is 156 cm³/mol. The first kappa shape index (κ1) is 20.0. The molecule has 0 radical (unpaired) electrons. The zero-order chi connectivity index (χ0) is 24.8. The van der Waals surface area contributed by atoms with Crippen LogP contribution in [0.15, 0.2) is 91.0 Å². The van der Waals surface area contributed by atoms with Crippen LogP contribution in [0.2, 0.25) is 0 Å². The van der Waals surface area contributed by atoms with Crippen molar-refractivity contribution in [3.05, 3.63) is 113 Å². The van der Waals surface area contributed by atoms with E-state index in [1.807, 2.05) is 0 Å². The third kappa shape index (κ3) is 2.09. The lowest BCUT2D eigenvalue weighted by Crippen LogP contribution is -2.15. The Morgan fingerprint density at radius 2 is 1.11 bits per heavy atom. The molecule has 2 heterocycles. The van der Waals surface area contributed by atoms with Gasteiger partial charge in [0.05, 0.1) is 16.6 Å². The summed E-state index contributed by atoms with van der Waals surface area (Å²) in [7, 11) is 0. The first-order chi connectivity index (χ1) is 17.9. The predicted octanol–water partition coefficient (Wildman–Crippen LogP) is 9.45. The van der Waals surface area contributed by atoms with Gasteiger partial charge in [-0.2, -0.15) is 0 Å². The summed E-state index contributed by atoms with van der Waals surface area (Å²) in [6.45, 7) is 9.56. The molecular weight excluding hydrogens is 446 g/mol. The zero-order valence-electron chi connectivity index (χ0n) is 21.6. The molecular formula is C36H27N. The summed E-state index contributed by atoms with van der Waals surface area (Å²) in [6, 6.07) is 34.5. The van der Waals surface area contributed by atoms with Gasteiger partial charge in [0.1, 0.15) is 0 Å². The van der Waals surface area contributed by atoms with E-state index in [2.05, 4.69) is 123 Å². The number of nitrogens with zero attached hydrogens (tertiary/aromatic N) is 1. The van der Waals surface area contributed by atoms with Crippen LogP contribution < -0.4 is 0 Å². The second-order valence-electron chi connectivity index (χ2n) is 12.2. The van der Waals surface area contributed by atoms with Gasteiger partial charge >= 0.3 is 0 Å². The molecule has 7 aromatic rings. The summed E-state index contributed by atoms with van der Waals surface area (Å²) in [6.07, 6.45) is 0. The molecule has 0 amide bonds. The van der Waals surface area contributed by atoms with Crippen molar-refractivity contribution in [2.45, 2.75) is 38.5 Å². The SMILES string of the molecule is CC1(C)c2ccccc2-c2cc3c(cc21)c1cc2c(c4c5ccccc5n3c14)-c1ccccc1C2(C)C. The third-order valence-electron chi connectivity index (χ3n) is 9.71. The van der Waals surface area contributed by atoms with Crippen LogP contribution in [0.5, 0.6) is 0 Å². The summed E-state index contributed by atoms with van der Waals surface area (Å²) in [5.41, 5.74) is 15.3. The maximum absolute atomic E-state index is 2.55. The maximum Gasteiger partial charge on any atom is 0.0626 e. The summed E-state index contributed by atoms with van der Waals surface area (Å²) in [5, 5.41) is 5.53. The van der Waals surface area contributed by atoms with Gasteiger partial charge in [-0.05, 0) is 68.8 Å². The monoisotopic (exact) mass is 473 g/mol. The van der Waals surface area contributed by atoms with Crippen molar-refractivity contribution in [3.8, 4) is 22.3 Å². The molecule has 1 nitrogen and oxygen atoms in total. The Bertz CT molecular complexity index is 2130. The highest BCUT2D eigenvalue weighted by Crippen LogP contribution is 2.56. The quantitative estimate of drug-likeness (QED) is 0.207. The fraction of sp³-hybridized carbons (Fsp3) is 0.167. The second kappa shape index (κ2) is 6.06. The van der Waals surface area contributed by atoms with E-state index in [-0.39, 0.29) is 10.8 Å². The zero-order valence-corrected chi connectivity index (χ0v) is 21.6. The van der Waals surface area contributed by atoms with E-state index >= 15 is 0 Å². The molecule has 2 aliphatic carbocycles. The molecule has 9 rings (SSSR count). The Kier molecular flexibility index (Phi) is 3.28. The van der Waals surface area contributed by atoms with Crippen LogP contribution in [0.25, 0.3) is 60.3 Å². The summed E-state index contributed by atoms with van der Waals surface area (Å²) in [4.78, 5) is 0. The van der Waals surface area contributed by atoms with Crippen LogP contribution in [0, 0.1) is 0 Å². The van der Waals surface area contributed by atoms with Gasteiger partial charge in [0.2, 0.25) is 0 Å². The number of rotatable bonds is 0. The smallest absolute Gasteiger partial charge is 0.0626 e. The van der Waals surface area contributed by atoms with Crippen molar-refractivity contribution in [1.82, 2.24) is 4.40 Å². The molecule has 0 atom stereocenters. The van der Waals surface area contributed by atoms with E-state index in [4.69, 9.17) is 0 Å². The van der Waals surface area contributed by atoms with E-state index in [0.29, 0.717) is 0 Å². The maximum atomic E-state index is 2.55. The van der Waals surface area contributed by atoms with Gasteiger partial charge in [-0.3, -0.25) is 0 Å². The molecule has 0 aliphatic heterocycles. The van der Waals surface area contributed by atoms with Gasteiger partial charge < -0.3 is 4.40 Å². The van der Waals surface area contributed by atoms with E-state index in [1.54, 1.807) is 0 Å². The summed E-state index contributed by atoms with van der Waals surface area (Å²) >= 11 is 0. The van der Waals surface area contributed by atoms with Crippen molar-refractivity contribution >= 4 is 38.1 Å². The molecule has 37 heavy (non-hydrogen) atoms. The van der Waals surface area contributed by atoms with Crippen molar-refractivity contribution in [2.24, 2.45) is 0 Å². The standard InChI is InChI=1S/C36H27N/c1-35(2)26-14-8-5-11-20(26)23-19-31-24(17-28(23)35)25-18-29-32(21-12-6-9-15-27(21)36(29,3)4)33-22-13-7-10-16-30(22)37(31)34(25)33/h5-19H,1-4H3. The Balaban J connectivity index is 1.54. The van der Waals surface area contributed by atoms with Crippen LogP contribution in [-0.2, 0) is 10.8 Å². The Morgan fingerprint density at radius 3 is 1.92 bits per heavy atom. The molecule has 0 saturated heterocycles.